The van der Waals surface area contributed by atoms with Gasteiger partial charge in [0, 0.05) is 5.39 Å². The molecule has 0 saturated carbocycles. The Balaban J connectivity index is 2.26. The van der Waals surface area contributed by atoms with Crippen molar-refractivity contribution in [2.45, 2.75) is 6.18 Å². The molecule has 0 amide bonds. The number of halogens is 3. The average molecular weight is 344 g/mol. The van der Waals surface area contributed by atoms with E-state index < -0.39 is 22.6 Å². The normalized spacial score (nSPS) is 12.2. The number of hydrogen-bond acceptors (Lipinski definition) is 3. The molecule has 6 heteroatoms. The summed E-state index contributed by atoms with van der Waals surface area (Å²) in [6.45, 7) is 0. The topological polar surface area (TPSA) is 39.4 Å². The summed E-state index contributed by atoms with van der Waals surface area (Å²) in [6, 6.07) is 11.9. The van der Waals surface area contributed by atoms with Crippen LogP contribution >= 0.6 is 0 Å². The highest BCUT2D eigenvalue weighted by molar-refractivity contribution is 6.09. The van der Waals surface area contributed by atoms with Gasteiger partial charge in [-0.2, -0.15) is 13.2 Å². The van der Waals surface area contributed by atoms with Crippen LogP contribution in [0.4, 0.5) is 13.2 Å². The van der Waals surface area contributed by atoms with Gasteiger partial charge in [0.1, 0.15) is 16.9 Å². The molecule has 3 aromatic carbocycles. The van der Waals surface area contributed by atoms with Crippen molar-refractivity contribution in [1.82, 2.24) is 0 Å². The molecule has 0 atom stereocenters. The van der Waals surface area contributed by atoms with Crippen molar-refractivity contribution in [2.24, 2.45) is 0 Å². The van der Waals surface area contributed by atoms with Crippen molar-refractivity contribution >= 4 is 32.7 Å². The fourth-order valence-corrected chi connectivity index (χ4v) is 3.06. The van der Waals surface area contributed by atoms with Gasteiger partial charge in [0.25, 0.3) is 0 Å². The van der Waals surface area contributed by atoms with Crippen LogP contribution in [0.5, 0.6) is 5.75 Å². The standard InChI is InChI=1S/C19H11F3O3/c1-24-11-7-5-10-6-8-15-16(12(10)9-11)18(23)17-13(19(20,21)22)3-2-4-14(17)25-15/h2-9H,1H3. The van der Waals surface area contributed by atoms with E-state index in [9.17, 15) is 18.0 Å². The van der Waals surface area contributed by atoms with Gasteiger partial charge in [-0.1, -0.05) is 18.2 Å². The fraction of sp³-hybridized carbons (Fsp3) is 0.105. The van der Waals surface area contributed by atoms with E-state index in [1.807, 2.05) is 0 Å². The SMILES string of the molecule is COc1ccc2ccc3oc4cccc(C(F)(F)F)c4c(=O)c3c2c1. The molecule has 0 radical (unpaired) electrons. The maximum Gasteiger partial charge on any atom is 0.417 e. The first-order chi connectivity index (χ1) is 11.9. The smallest absolute Gasteiger partial charge is 0.417 e. The van der Waals surface area contributed by atoms with Gasteiger partial charge >= 0.3 is 6.18 Å². The maximum atomic E-state index is 13.3. The summed E-state index contributed by atoms with van der Waals surface area (Å²) in [7, 11) is 1.48. The van der Waals surface area contributed by atoms with E-state index in [1.165, 1.54) is 19.2 Å². The molecule has 0 fully saturated rings. The van der Waals surface area contributed by atoms with Crippen LogP contribution in [0.3, 0.4) is 0 Å². The highest BCUT2D eigenvalue weighted by atomic mass is 19.4. The molecule has 0 aliphatic heterocycles. The Hall–Kier alpha value is -3.02. The lowest BCUT2D eigenvalue weighted by atomic mass is 10.0. The summed E-state index contributed by atoms with van der Waals surface area (Å²) in [5.74, 6) is 0.503. The highest BCUT2D eigenvalue weighted by Gasteiger charge is 2.34. The number of rotatable bonds is 1. The van der Waals surface area contributed by atoms with E-state index in [-0.39, 0.29) is 16.6 Å². The van der Waals surface area contributed by atoms with Crippen molar-refractivity contribution < 1.29 is 22.3 Å². The molecule has 0 N–H and O–H groups in total. The number of hydrogen-bond donors (Lipinski definition) is 0. The zero-order valence-electron chi connectivity index (χ0n) is 13.0. The quantitative estimate of drug-likeness (QED) is 0.355. The molecule has 25 heavy (non-hydrogen) atoms. The number of fused-ring (bicyclic) bond motifs is 4. The molecule has 0 saturated heterocycles. The molecule has 0 aliphatic carbocycles. The molecular formula is C19H11F3O3. The van der Waals surface area contributed by atoms with Crippen LogP contribution in [-0.4, -0.2) is 7.11 Å². The molecular weight excluding hydrogens is 333 g/mol. The Bertz CT molecular complexity index is 1190. The second-order valence-electron chi connectivity index (χ2n) is 5.63. The van der Waals surface area contributed by atoms with Crippen molar-refractivity contribution in [3.8, 4) is 5.75 Å². The van der Waals surface area contributed by atoms with E-state index in [2.05, 4.69) is 0 Å². The number of benzene rings is 3. The van der Waals surface area contributed by atoms with Gasteiger partial charge in [-0.3, -0.25) is 4.79 Å². The van der Waals surface area contributed by atoms with E-state index in [1.54, 1.807) is 30.3 Å². The highest BCUT2D eigenvalue weighted by Crippen LogP contribution is 2.35. The lowest BCUT2D eigenvalue weighted by molar-refractivity contribution is -0.136. The summed E-state index contributed by atoms with van der Waals surface area (Å²) in [4.78, 5) is 13.0. The molecule has 0 bridgehead atoms. The van der Waals surface area contributed by atoms with E-state index in [0.29, 0.717) is 16.5 Å². The second-order valence-corrected chi connectivity index (χ2v) is 5.63. The Morgan fingerprint density at radius 1 is 0.960 bits per heavy atom. The van der Waals surface area contributed by atoms with Gasteiger partial charge in [0.15, 0.2) is 0 Å². The third-order valence-electron chi connectivity index (χ3n) is 4.20. The second kappa shape index (κ2) is 5.24. The van der Waals surface area contributed by atoms with Crippen LogP contribution in [0.2, 0.25) is 0 Å². The predicted octanol–water partition coefficient (Wildman–Crippen LogP) is 5.13. The number of alkyl halides is 3. The molecule has 1 heterocycles. The fourth-order valence-electron chi connectivity index (χ4n) is 3.06. The van der Waals surface area contributed by atoms with Gasteiger partial charge in [0.2, 0.25) is 5.43 Å². The Labute approximate surface area is 139 Å². The summed E-state index contributed by atoms with van der Waals surface area (Å²) in [6.07, 6.45) is -4.65. The minimum Gasteiger partial charge on any atom is -0.497 e. The lowest BCUT2D eigenvalue weighted by Crippen LogP contribution is -2.12. The average Bonchev–Trinajstić information content (AvgIpc) is 2.59. The van der Waals surface area contributed by atoms with Crippen LogP contribution in [-0.2, 0) is 6.18 Å². The van der Waals surface area contributed by atoms with Crippen LogP contribution in [0, 0.1) is 0 Å². The zero-order chi connectivity index (χ0) is 17.8. The van der Waals surface area contributed by atoms with E-state index in [4.69, 9.17) is 9.15 Å². The first kappa shape index (κ1) is 15.5. The van der Waals surface area contributed by atoms with Crippen LogP contribution in [0.15, 0.2) is 57.7 Å². The molecule has 0 spiro atoms. The minimum absolute atomic E-state index is 0.0884. The Morgan fingerprint density at radius 3 is 2.40 bits per heavy atom. The van der Waals surface area contributed by atoms with Crippen LogP contribution in [0.25, 0.3) is 32.7 Å². The van der Waals surface area contributed by atoms with Crippen molar-refractivity contribution in [1.29, 1.82) is 0 Å². The van der Waals surface area contributed by atoms with Crippen molar-refractivity contribution in [3.63, 3.8) is 0 Å². The molecule has 126 valence electrons. The molecule has 1 aromatic heterocycles. The lowest BCUT2D eigenvalue weighted by Gasteiger charge is -2.11. The summed E-state index contributed by atoms with van der Waals surface area (Å²) >= 11 is 0. The van der Waals surface area contributed by atoms with E-state index >= 15 is 0 Å². The van der Waals surface area contributed by atoms with Gasteiger partial charge < -0.3 is 9.15 Å². The van der Waals surface area contributed by atoms with Crippen LogP contribution in [0.1, 0.15) is 5.56 Å². The molecule has 4 aromatic rings. The summed E-state index contributed by atoms with van der Waals surface area (Å²) in [5, 5.41) is 0.854. The molecule has 3 nitrogen and oxygen atoms in total. The predicted molar refractivity (Wildman–Crippen MR) is 89.1 cm³/mol. The van der Waals surface area contributed by atoms with Gasteiger partial charge in [-0.15, -0.1) is 0 Å². The summed E-state index contributed by atoms with van der Waals surface area (Å²) in [5.41, 5.74) is -1.56. The third kappa shape index (κ3) is 2.33. The van der Waals surface area contributed by atoms with Crippen molar-refractivity contribution in [3.05, 3.63) is 64.3 Å². The first-order valence-electron chi connectivity index (χ1n) is 7.43. The Kier molecular flexibility index (Phi) is 3.25. The zero-order valence-corrected chi connectivity index (χ0v) is 13.0. The van der Waals surface area contributed by atoms with E-state index in [0.717, 1.165) is 6.07 Å². The summed E-state index contributed by atoms with van der Waals surface area (Å²) < 4.78 is 50.8. The molecule has 0 aliphatic rings. The minimum atomic E-state index is -4.65. The molecule has 0 unspecified atom stereocenters. The van der Waals surface area contributed by atoms with Crippen molar-refractivity contribution in [2.75, 3.05) is 7.11 Å². The monoisotopic (exact) mass is 344 g/mol. The first-order valence-corrected chi connectivity index (χ1v) is 7.43. The van der Waals surface area contributed by atoms with Crippen LogP contribution < -0.4 is 10.2 Å². The van der Waals surface area contributed by atoms with Gasteiger partial charge in [0.05, 0.1) is 23.4 Å². The Morgan fingerprint density at radius 2 is 1.68 bits per heavy atom. The number of methoxy groups -OCH3 is 1. The number of ether oxygens (including phenoxy) is 1. The maximum absolute atomic E-state index is 13.3. The van der Waals surface area contributed by atoms with Gasteiger partial charge in [-0.05, 0) is 35.7 Å². The molecule has 4 rings (SSSR count). The third-order valence-corrected chi connectivity index (χ3v) is 4.20. The van der Waals surface area contributed by atoms with Gasteiger partial charge in [-0.25, -0.2) is 0 Å². The largest absolute Gasteiger partial charge is 0.497 e.